The molecule has 0 aliphatic rings. The number of rotatable bonds is 5. The van der Waals surface area contributed by atoms with Crippen LogP contribution in [0.5, 0.6) is 11.5 Å². The van der Waals surface area contributed by atoms with Gasteiger partial charge in [0.25, 0.3) is 11.8 Å². The summed E-state index contributed by atoms with van der Waals surface area (Å²) in [5, 5.41) is 4.66. The Balaban J connectivity index is 2.24. The highest BCUT2D eigenvalue weighted by Crippen LogP contribution is 2.31. The maximum Gasteiger partial charge on any atom is 0.272 e. The molecule has 0 spiro atoms. The third kappa shape index (κ3) is 4.27. The molecule has 1 heterocycles. The van der Waals surface area contributed by atoms with Crippen molar-refractivity contribution in [3.05, 3.63) is 40.8 Å². The first-order valence-electron chi connectivity index (χ1n) is 7.14. The van der Waals surface area contributed by atoms with Crippen molar-refractivity contribution in [1.82, 2.24) is 10.9 Å². The molecule has 0 unspecified atom stereocenters. The summed E-state index contributed by atoms with van der Waals surface area (Å²) in [6.07, 6.45) is 0. The molecule has 3 amide bonds. The predicted octanol–water partition coefficient (Wildman–Crippen LogP) is 1.80. The SMILES string of the molecule is COc1cccc(OC)c1C(=O)Nc1sccc1C(=O)NNC(C)=O. The van der Waals surface area contributed by atoms with E-state index < -0.39 is 17.7 Å². The highest BCUT2D eigenvalue weighted by Gasteiger charge is 2.21. The second kappa shape index (κ2) is 8.15. The third-order valence-electron chi connectivity index (χ3n) is 3.14. The van der Waals surface area contributed by atoms with Crippen LogP contribution in [0.1, 0.15) is 27.6 Å². The number of thiophene rings is 1. The summed E-state index contributed by atoms with van der Waals surface area (Å²) < 4.78 is 10.4. The minimum absolute atomic E-state index is 0.217. The summed E-state index contributed by atoms with van der Waals surface area (Å²) in [5.41, 5.74) is 4.89. The monoisotopic (exact) mass is 363 g/mol. The van der Waals surface area contributed by atoms with E-state index in [1.165, 1.54) is 38.5 Å². The Labute approximate surface area is 148 Å². The number of nitrogens with one attached hydrogen (secondary N) is 3. The number of benzene rings is 1. The molecule has 0 atom stereocenters. The van der Waals surface area contributed by atoms with E-state index in [4.69, 9.17) is 9.47 Å². The lowest BCUT2D eigenvalue weighted by molar-refractivity contribution is -0.119. The van der Waals surface area contributed by atoms with E-state index in [1.54, 1.807) is 23.6 Å². The smallest absolute Gasteiger partial charge is 0.272 e. The number of hydrazine groups is 1. The molecule has 0 bridgehead atoms. The largest absolute Gasteiger partial charge is 0.496 e. The van der Waals surface area contributed by atoms with Crippen LogP contribution in [-0.2, 0) is 4.79 Å². The Bertz CT molecular complexity index is 781. The standard InChI is InChI=1S/C16H17N3O5S/c1-9(20)18-19-14(21)10-7-8-25-16(10)17-15(22)13-11(23-2)5-4-6-12(13)24-3/h4-8H,1-3H3,(H,17,22)(H,18,20)(H,19,21). The van der Waals surface area contributed by atoms with Crippen LogP contribution in [0, 0.1) is 0 Å². The van der Waals surface area contributed by atoms with Gasteiger partial charge >= 0.3 is 0 Å². The molecule has 9 heteroatoms. The highest BCUT2D eigenvalue weighted by molar-refractivity contribution is 7.14. The van der Waals surface area contributed by atoms with E-state index in [-0.39, 0.29) is 11.1 Å². The van der Waals surface area contributed by atoms with Gasteiger partial charge in [-0.25, -0.2) is 0 Å². The van der Waals surface area contributed by atoms with Gasteiger partial charge in [0.1, 0.15) is 22.1 Å². The van der Waals surface area contributed by atoms with E-state index in [0.717, 1.165) is 0 Å². The van der Waals surface area contributed by atoms with Crippen molar-refractivity contribution in [3.8, 4) is 11.5 Å². The predicted molar refractivity (Wildman–Crippen MR) is 93.1 cm³/mol. The van der Waals surface area contributed by atoms with Crippen molar-refractivity contribution in [1.29, 1.82) is 0 Å². The van der Waals surface area contributed by atoms with E-state index in [0.29, 0.717) is 16.5 Å². The fraction of sp³-hybridized carbons (Fsp3) is 0.188. The number of methoxy groups -OCH3 is 2. The van der Waals surface area contributed by atoms with Crippen molar-refractivity contribution < 1.29 is 23.9 Å². The van der Waals surface area contributed by atoms with Gasteiger partial charge in [-0.15, -0.1) is 11.3 Å². The molecule has 0 aliphatic carbocycles. The van der Waals surface area contributed by atoms with Gasteiger partial charge in [0, 0.05) is 6.92 Å². The minimum atomic E-state index is -0.543. The number of anilines is 1. The van der Waals surface area contributed by atoms with E-state index in [9.17, 15) is 14.4 Å². The molecule has 25 heavy (non-hydrogen) atoms. The number of amides is 3. The highest BCUT2D eigenvalue weighted by atomic mass is 32.1. The molecule has 3 N–H and O–H groups in total. The number of carbonyl (C=O) groups is 3. The number of ether oxygens (including phenoxy) is 2. The van der Waals surface area contributed by atoms with Gasteiger partial charge in [-0.3, -0.25) is 25.2 Å². The Kier molecular flexibility index (Phi) is 5.96. The summed E-state index contributed by atoms with van der Waals surface area (Å²) >= 11 is 1.17. The summed E-state index contributed by atoms with van der Waals surface area (Å²) in [7, 11) is 2.89. The van der Waals surface area contributed by atoms with E-state index in [2.05, 4.69) is 16.2 Å². The van der Waals surface area contributed by atoms with Crippen molar-refractivity contribution in [3.63, 3.8) is 0 Å². The second-order valence-electron chi connectivity index (χ2n) is 4.79. The lowest BCUT2D eigenvalue weighted by atomic mass is 10.1. The quantitative estimate of drug-likeness (QED) is 0.703. The van der Waals surface area contributed by atoms with Crippen molar-refractivity contribution in [2.75, 3.05) is 19.5 Å². The van der Waals surface area contributed by atoms with Crippen LogP contribution in [0.15, 0.2) is 29.6 Å². The summed E-state index contributed by atoms with van der Waals surface area (Å²) in [5.74, 6) is -0.743. The van der Waals surface area contributed by atoms with Gasteiger partial charge in [0.2, 0.25) is 5.91 Å². The van der Waals surface area contributed by atoms with Crippen molar-refractivity contribution >= 4 is 34.1 Å². The molecule has 2 rings (SSSR count). The van der Waals surface area contributed by atoms with Crippen LogP contribution in [-0.4, -0.2) is 31.9 Å². The van der Waals surface area contributed by atoms with Gasteiger partial charge in [-0.1, -0.05) is 6.07 Å². The average molecular weight is 363 g/mol. The Morgan fingerprint density at radius 1 is 0.960 bits per heavy atom. The maximum absolute atomic E-state index is 12.6. The molecule has 0 saturated carbocycles. The van der Waals surface area contributed by atoms with Crippen LogP contribution < -0.4 is 25.6 Å². The van der Waals surface area contributed by atoms with Crippen molar-refractivity contribution in [2.45, 2.75) is 6.92 Å². The van der Waals surface area contributed by atoms with Crippen LogP contribution in [0.3, 0.4) is 0 Å². The second-order valence-corrected chi connectivity index (χ2v) is 5.71. The molecule has 0 aliphatic heterocycles. The average Bonchev–Trinajstić information content (AvgIpc) is 3.06. The fourth-order valence-corrected chi connectivity index (χ4v) is 2.82. The topological polar surface area (TPSA) is 106 Å². The lowest BCUT2D eigenvalue weighted by Gasteiger charge is -2.13. The zero-order valence-corrected chi connectivity index (χ0v) is 14.7. The van der Waals surface area contributed by atoms with Gasteiger partial charge in [-0.05, 0) is 23.6 Å². The molecule has 132 valence electrons. The van der Waals surface area contributed by atoms with Gasteiger partial charge in [-0.2, -0.15) is 0 Å². The number of hydrogen-bond acceptors (Lipinski definition) is 6. The number of hydrogen-bond donors (Lipinski definition) is 3. The van der Waals surface area contributed by atoms with Crippen LogP contribution in [0.2, 0.25) is 0 Å². The Hall–Kier alpha value is -3.07. The molecular weight excluding hydrogens is 346 g/mol. The van der Waals surface area contributed by atoms with Crippen LogP contribution >= 0.6 is 11.3 Å². The molecule has 1 aromatic carbocycles. The summed E-state index contributed by atoms with van der Waals surface area (Å²) in [6.45, 7) is 1.27. The van der Waals surface area contributed by atoms with Crippen molar-refractivity contribution in [2.24, 2.45) is 0 Å². The fourth-order valence-electron chi connectivity index (χ4n) is 2.04. The Morgan fingerprint density at radius 3 is 2.16 bits per heavy atom. The summed E-state index contributed by atoms with van der Waals surface area (Å²) in [4.78, 5) is 35.6. The molecule has 1 aromatic heterocycles. The first-order valence-corrected chi connectivity index (χ1v) is 8.02. The molecule has 0 saturated heterocycles. The zero-order chi connectivity index (χ0) is 18.4. The minimum Gasteiger partial charge on any atom is -0.496 e. The number of carbonyl (C=O) groups excluding carboxylic acids is 3. The molecule has 2 aromatic rings. The van der Waals surface area contributed by atoms with Gasteiger partial charge in [0.05, 0.1) is 19.8 Å². The maximum atomic E-state index is 12.6. The van der Waals surface area contributed by atoms with E-state index in [1.807, 2.05) is 0 Å². The third-order valence-corrected chi connectivity index (χ3v) is 3.97. The zero-order valence-electron chi connectivity index (χ0n) is 13.8. The molecule has 8 nitrogen and oxygen atoms in total. The molecule has 0 radical (unpaired) electrons. The first kappa shape index (κ1) is 18.3. The molecular formula is C16H17N3O5S. The van der Waals surface area contributed by atoms with Gasteiger partial charge in [0.15, 0.2) is 0 Å². The molecule has 0 fully saturated rings. The van der Waals surface area contributed by atoms with Crippen LogP contribution in [0.25, 0.3) is 0 Å². The van der Waals surface area contributed by atoms with E-state index >= 15 is 0 Å². The first-order chi connectivity index (χ1) is 12.0. The normalized spacial score (nSPS) is 9.88. The summed E-state index contributed by atoms with van der Waals surface area (Å²) in [6, 6.07) is 6.51. The van der Waals surface area contributed by atoms with Gasteiger partial charge < -0.3 is 14.8 Å². The lowest BCUT2D eigenvalue weighted by Crippen LogP contribution is -2.40. The Morgan fingerprint density at radius 2 is 1.60 bits per heavy atom. The van der Waals surface area contributed by atoms with Crippen LogP contribution in [0.4, 0.5) is 5.00 Å².